The number of ether oxygens (including phenoxy) is 2. The van der Waals surface area contributed by atoms with Crippen LogP contribution in [0.25, 0.3) is 0 Å². The average molecular weight is 593 g/mol. The van der Waals surface area contributed by atoms with E-state index in [1.807, 2.05) is 12.2 Å². The van der Waals surface area contributed by atoms with E-state index in [0.29, 0.717) is 42.4 Å². The monoisotopic (exact) mass is 592 g/mol. The molecule has 4 fully saturated rings. The van der Waals surface area contributed by atoms with Crippen molar-refractivity contribution in [1.82, 2.24) is 15.1 Å². The second kappa shape index (κ2) is 12.2. The van der Waals surface area contributed by atoms with Crippen LogP contribution >= 0.6 is 0 Å². The van der Waals surface area contributed by atoms with E-state index in [1.165, 1.54) is 19.3 Å². The molecule has 4 heterocycles. The number of nitrogens with one attached hydrogen (secondary N) is 2. The van der Waals surface area contributed by atoms with Gasteiger partial charge in [0.15, 0.2) is 0 Å². The van der Waals surface area contributed by atoms with E-state index in [1.54, 1.807) is 36.3 Å². The first kappa shape index (κ1) is 30.1. The number of likely N-dealkylation sites (tertiary alicyclic amines) is 2. The summed E-state index contributed by atoms with van der Waals surface area (Å²) in [4.78, 5) is 46.7. The fourth-order valence-corrected chi connectivity index (χ4v) is 8.51. The van der Waals surface area contributed by atoms with Crippen LogP contribution in [-0.2, 0) is 19.1 Å². The molecule has 5 aliphatic rings. The largest absolute Gasteiger partial charge is 0.497 e. The van der Waals surface area contributed by atoms with Gasteiger partial charge in [-0.15, -0.1) is 0 Å². The number of nitrogens with zero attached hydrogens (tertiary/aromatic N) is 2. The highest BCUT2D eigenvalue weighted by Crippen LogP contribution is 2.55. The van der Waals surface area contributed by atoms with Crippen LogP contribution in [0, 0.1) is 23.7 Å². The summed E-state index contributed by atoms with van der Waals surface area (Å²) in [6.45, 7) is 8.85. The minimum absolute atomic E-state index is 0.0620. The highest BCUT2D eigenvalue weighted by atomic mass is 16.5. The summed E-state index contributed by atoms with van der Waals surface area (Å²) < 4.78 is 11.8. The smallest absolute Gasteiger partial charge is 0.246 e. The Labute approximate surface area is 255 Å². The molecule has 1 saturated carbocycles. The summed E-state index contributed by atoms with van der Waals surface area (Å²) in [6, 6.07) is 6.89. The predicted octanol–water partition coefficient (Wildman–Crippen LogP) is 3.99. The van der Waals surface area contributed by atoms with Gasteiger partial charge in [-0.2, -0.15) is 0 Å². The van der Waals surface area contributed by atoms with Crippen LogP contribution < -0.4 is 15.4 Å². The number of piperidine rings is 1. The van der Waals surface area contributed by atoms with Gasteiger partial charge in [0.2, 0.25) is 17.7 Å². The van der Waals surface area contributed by atoms with E-state index in [-0.39, 0.29) is 23.8 Å². The zero-order valence-electron chi connectivity index (χ0n) is 26.1. The molecular formula is C34H48N4O5. The van der Waals surface area contributed by atoms with Gasteiger partial charge in [0.05, 0.1) is 25.0 Å². The number of carbonyl (C=O) groups excluding carboxylic acids is 3. The van der Waals surface area contributed by atoms with Crippen molar-refractivity contribution in [1.29, 1.82) is 0 Å². The van der Waals surface area contributed by atoms with Crippen LogP contribution in [0.1, 0.15) is 65.7 Å². The van der Waals surface area contributed by atoms with Crippen molar-refractivity contribution in [3.8, 4) is 5.75 Å². The number of benzene rings is 1. The van der Waals surface area contributed by atoms with Crippen LogP contribution in [0.15, 0.2) is 36.4 Å². The third-order valence-corrected chi connectivity index (χ3v) is 11.2. The molecule has 1 spiro atoms. The van der Waals surface area contributed by atoms with Crippen LogP contribution in [-0.4, -0.2) is 84.1 Å². The first-order valence-corrected chi connectivity index (χ1v) is 16.4. The lowest BCUT2D eigenvalue weighted by Crippen LogP contribution is -2.58. The maximum Gasteiger partial charge on any atom is 0.246 e. The molecule has 43 heavy (non-hydrogen) atoms. The Kier molecular flexibility index (Phi) is 8.57. The van der Waals surface area contributed by atoms with Crippen molar-refractivity contribution in [3.05, 3.63) is 36.4 Å². The van der Waals surface area contributed by atoms with Crippen molar-refractivity contribution in [3.63, 3.8) is 0 Å². The maximum absolute atomic E-state index is 14.4. The van der Waals surface area contributed by atoms with Gasteiger partial charge in [0.25, 0.3) is 0 Å². The van der Waals surface area contributed by atoms with Gasteiger partial charge in [-0.1, -0.05) is 52.2 Å². The molecule has 1 aromatic carbocycles. The van der Waals surface area contributed by atoms with Crippen molar-refractivity contribution >= 4 is 23.4 Å². The SMILES string of the molecule is CCC1CCCCN1CCN1C(=O)C2C(C(=O)Nc3ccc(OC)cc3)C3C=CC2(O3)C1C(=O)NC1CCCC(C)C1C. The van der Waals surface area contributed by atoms with Gasteiger partial charge >= 0.3 is 0 Å². The second-order valence-electron chi connectivity index (χ2n) is 13.4. The maximum atomic E-state index is 14.4. The number of methoxy groups -OCH3 is 1. The van der Waals surface area contributed by atoms with Gasteiger partial charge in [0.1, 0.15) is 17.4 Å². The first-order valence-electron chi connectivity index (χ1n) is 16.4. The molecule has 3 amide bonds. The number of carbonyl (C=O) groups is 3. The predicted molar refractivity (Wildman–Crippen MR) is 164 cm³/mol. The lowest BCUT2D eigenvalue weighted by Gasteiger charge is -2.39. The number of hydrogen-bond acceptors (Lipinski definition) is 6. The van der Waals surface area contributed by atoms with E-state index in [4.69, 9.17) is 9.47 Å². The standard InChI is InChI=1S/C34H48N4O5/c1-5-24-10-6-7-18-37(24)19-20-38-30(32(40)36-26-11-8-9-21(2)22(26)3)34-17-16-27(43-34)28(29(34)33(38)41)31(39)35-23-12-14-25(42-4)15-13-23/h12-17,21-22,24,26-30H,5-11,18-20H2,1-4H3,(H,35,39)(H,36,40). The number of fused-ring (bicyclic) bond motifs is 1. The molecule has 1 aromatic rings. The summed E-state index contributed by atoms with van der Waals surface area (Å²) in [6.07, 6.45) is 11.0. The number of hydrogen-bond donors (Lipinski definition) is 2. The normalized spacial score (nSPS) is 36.9. The van der Waals surface area contributed by atoms with E-state index in [0.717, 1.165) is 32.2 Å². The highest BCUT2D eigenvalue weighted by Gasteiger charge is 2.72. The number of anilines is 1. The lowest BCUT2D eigenvalue weighted by molar-refractivity contribution is -0.142. The third-order valence-electron chi connectivity index (χ3n) is 11.2. The molecule has 6 rings (SSSR count). The molecular weight excluding hydrogens is 544 g/mol. The minimum Gasteiger partial charge on any atom is -0.497 e. The first-order chi connectivity index (χ1) is 20.8. The molecule has 0 aromatic heterocycles. The molecule has 9 heteroatoms. The van der Waals surface area contributed by atoms with Crippen molar-refractivity contribution in [2.75, 3.05) is 32.1 Å². The Bertz CT molecular complexity index is 1240. The molecule has 2 bridgehead atoms. The molecule has 9 atom stereocenters. The van der Waals surface area contributed by atoms with E-state index >= 15 is 0 Å². The Morgan fingerprint density at radius 2 is 1.84 bits per heavy atom. The Morgan fingerprint density at radius 3 is 2.58 bits per heavy atom. The average Bonchev–Trinajstić information content (AvgIpc) is 3.66. The topological polar surface area (TPSA) is 100 Å². The van der Waals surface area contributed by atoms with Gasteiger partial charge in [0, 0.05) is 30.9 Å². The Balaban J connectivity index is 1.27. The summed E-state index contributed by atoms with van der Waals surface area (Å²) >= 11 is 0. The minimum atomic E-state index is -1.15. The number of amides is 3. The molecule has 4 aliphatic heterocycles. The summed E-state index contributed by atoms with van der Waals surface area (Å²) in [5, 5.41) is 6.36. The van der Waals surface area contributed by atoms with Crippen molar-refractivity contribution in [2.24, 2.45) is 23.7 Å². The molecule has 9 unspecified atom stereocenters. The summed E-state index contributed by atoms with van der Waals surface area (Å²) in [7, 11) is 1.60. The lowest BCUT2D eigenvalue weighted by atomic mass is 9.73. The molecule has 0 radical (unpaired) electrons. The van der Waals surface area contributed by atoms with Crippen LogP contribution in [0.2, 0.25) is 0 Å². The Hall–Kier alpha value is -2.91. The fourth-order valence-electron chi connectivity index (χ4n) is 8.51. The molecule has 9 nitrogen and oxygen atoms in total. The van der Waals surface area contributed by atoms with Crippen LogP contribution in [0.5, 0.6) is 5.75 Å². The zero-order valence-corrected chi connectivity index (χ0v) is 26.1. The molecule has 3 saturated heterocycles. The molecule has 2 N–H and O–H groups in total. The quantitative estimate of drug-likeness (QED) is 0.421. The summed E-state index contributed by atoms with van der Waals surface area (Å²) in [5.74, 6) is -0.465. The van der Waals surface area contributed by atoms with Gasteiger partial charge < -0.3 is 25.0 Å². The summed E-state index contributed by atoms with van der Waals surface area (Å²) in [5.41, 5.74) is -0.525. The zero-order chi connectivity index (χ0) is 30.3. The number of rotatable bonds is 9. The third kappa shape index (κ3) is 5.37. The van der Waals surface area contributed by atoms with Crippen molar-refractivity contribution < 1.29 is 23.9 Å². The van der Waals surface area contributed by atoms with E-state index in [2.05, 4.69) is 36.3 Å². The molecule has 234 valence electrons. The highest BCUT2D eigenvalue weighted by molar-refractivity contribution is 6.02. The van der Waals surface area contributed by atoms with E-state index < -0.39 is 29.6 Å². The van der Waals surface area contributed by atoms with Crippen molar-refractivity contribution in [2.45, 2.75) is 95.5 Å². The van der Waals surface area contributed by atoms with Crippen LogP contribution in [0.3, 0.4) is 0 Å². The Morgan fingerprint density at radius 1 is 1.05 bits per heavy atom. The van der Waals surface area contributed by atoms with Gasteiger partial charge in [-0.25, -0.2) is 0 Å². The molecule has 1 aliphatic carbocycles. The fraction of sp³-hybridized carbons (Fsp3) is 0.676. The van der Waals surface area contributed by atoms with Gasteiger partial charge in [-0.05, 0) is 68.3 Å². The second-order valence-corrected chi connectivity index (χ2v) is 13.4. The van der Waals surface area contributed by atoms with Gasteiger partial charge in [-0.3, -0.25) is 19.3 Å². The van der Waals surface area contributed by atoms with E-state index in [9.17, 15) is 14.4 Å². The van der Waals surface area contributed by atoms with Crippen LogP contribution in [0.4, 0.5) is 5.69 Å².